The van der Waals surface area contributed by atoms with Gasteiger partial charge in [-0.1, -0.05) is 47.6 Å². The number of benzene rings is 3. The number of nitrogens with one attached hydrogen (secondary N) is 1. The number of anilines is 1. The summed E-state index contributed by atoms with van der Waals surface area (Å²) in [4.78, 5) is 15.7. The molecule has 0 heterocycles. The van der Waals surface area contributed by atoms with Crippen LogP contribution in [0.2, 0.25) is 0 Å². The van der Waals surface area contributed by atoms with Crippen LogP contribution in [0.15, 0.2) is 78.0 Å². The molecule has 3 rings (SSSR count). The Bertz CT molecular complexity index is 1020. The Kier molecular flexibility index (Phi) is 7.16. The lowest BCUT2D eigenvalue weighted by Crippen LogP contribution is -2.07. The molecule has 3 aromatic carbocycles. The van der Waals surface area contributed by atoms with E-state index in [1.165, 1.54) is 19.2 Å². The number of carboxylic acid groups (broad SMARTS) is 1. The third-order valence-corrected chi connectivity index (χ3v) is 4.54. The largest absolute Gasteiger partial charge is 0.481 e. The highest BCUT2D eigenvalue weighted by Crippen LogP contribution is 2.18. The second-order valence-electron chi connectivity index (χ2n) is 6.78. The molecule has 0 aliphatic carbocycles. The molecule has 0 aromatic heterocycles. The average Bonchev–Trinajstić information content (AvgIpc) is 2.75. The quantitative estimate of drug-likeness (QED) is 0.394. The van der Waals surface area contributed by atoms with Gasteiger partial charge in [0.1, 0.15) is 18.6 Å². The summed E-state index contributed by atoms with van der Waals surface area (Å²) in [6.45, 7) is 0.425. The summed E-state index contributed by atoms with van der Waals surface area (Å²) in [7, 11) is 1.46. The van der Waals surface area contributed by atoms with Crippen molar-refractivity contribution in [3.05, 3.63) is 101 Å². The van der Waals surface area contributed by atoms with Crippen molar-refractivity contribution >= 4 is 17.4 Å². The molecule has 0 aliphatic heterocycles. The standard InChI is InChI=1S/C24H23FN2O3/c1-30-27-24(19-5-3-2-4-6-19)20-13-18(14-21(25)15-20)16-26-22-10-7-17(8-11-22)9-12-23(28)29/h2-8,10-11,13-15,26H,9,12,16H2,1H3,(H,28,29)/b27-24-. The molecule has 0 bridgehead atoms. The molecule has 5 nitrogen and oxygen atoms in total. The third-order valence-electron chi connectivity index (χ3n) is 4.54. The van der Waals surface area contributed by atoms with E-state index >= 15 is 0 Å². The lowest BCUT2D eigenvalue weighted by atomic mass is 10.00. The van der Waals surface area contributed by atoms with Crippen LogP contribution in [0.3, 0.4) is 0 Å². The smallest absolute Gasteiger partial charge is 0.303 e. The lowest BCUT2D eigenvalue weighted by molar-refractivity contribution is -0.136. The Morgan fingerprint density at radius 2 is 1.73 bits per heavy atom. The van der Waals surface area contributed by atoms with Crippen LogP contribution in [0.4, 0.5) is 10.1 Å². The summed E-state index contributed by atoms with van der Waals surface area (Å²) >= 11 is 0. The number of halogens is 1. The van der Waals surface area contributed by atoms with E-state index in [2.05, 4.69) is 10.5 Å². The van der Waals surface area contributed by atoms with Gasteiger partial charge in [-0.25, -0.2) is 4.39 Å². The van der Waals surface area contributed by atoms with E-state index in [0.29, 0.717) is 24.2 Å². The number of carboxylic acids is 1. The first kappa shape index (κ1) is 21.0. The van der Waals surface area contributed by atoms with Crippen molar-refractivity contribution < 1.29 is 19.1 Å². The van der Waals surface area contributed by atoms with Crippen molar-refractivity contribution in [2.24, 2.45) is 5.16 Å². The third kappa shape index (κ3) is 5.91. The maximum atomic E-state index is 14.3. The van der Waals surface area contributed by atoms with Gasteiger partial charge >= 0.3 is 5.97 Å². The molecule has 0 amide bonds. The van der Waals surface area contributed by atoms with Gasteiger partial charge in [0.2, 0.25) is 0 Å². The summed E-state index contributed by atoms with van der Waals surface area (Å²) < 4.78 is 14.3. The Morgan fingerprint density at radius 3 is 2.40 bits per heavy atom. The van der Waals surface area contributed by atoms with E-state index in [1.54, 1.807) is 0 Å². The molecule has 0 saturated heterocycles. The van der Waals surface area contributed by atoms with Crippen molar-refractivity contribution in [2.75, 3.05) is 12.4 Å². The minimum atomic E-state index is -0.814. The van der Waals surface area contributed by atoms with Gasteiger partial charge in [0, 0.05) is 29.8 Å². The van der Waals surface area contributed by atoms with Gasteiger partial charge in [0.15, 0.2) is 0 Å². The van der Waals surface area contributed by atoms with Gasteiger partial charge in [-0.3, -0.25) is 4.79 Å². The van der Waals surface area contributed by atoms with Gasteiger partial charge in [-0.05, 0) is 47.9 Å². The van der Waals surface area contributed by atoms with Gasteiger partial charge in [0.05, 0.1) is 0 Å². The first-order valence-corrected chi connectivity index (χ1v) is 9.56. The van der Waals surface area contributed by atoms with Gasteiger partial charge in [-0.15, -0.1) is 0 Å². The van der Waals surface area contributed by atoms with Crippen LogP contribution in [0.1, 0.15) is 28.7 Å². The maximum absolute atomic E-state index is 14.3. The molecule has 154 valence electrons. The van der Waals surface area contributed by atoms with E-state index in [1.807, 2.05) is 60.7 Å². The van der Waals surface area contributed by atoms with Crippen molar-refractivity contribution in [1.29, 1.82) is 0 Å². The van der Waals surface area contributed by atoms with Crippen LogP contribution >= 0.6 is 0 Å². The van der Waals surface area contributed by atoms with E-state index in [-0.39, 0.29) is 12.2 Å². The number of hydrogen-bond acceptors (Lipinski definition) is 4. The van der Waals surface area contributed by atoms with E-state index < -0.39 is 5.97 Å². The van der Waals surface area contributed by atoms with Crippen LogP contribution in [-0.4, -0.2) is 23.9 Å². The molecule has 0 unspecified atom stereocenters. The highest BCUT2D eigenvalue weighted by Gasteiger charge is 2.11. The summed E-state index contributed by atoms with van der Waals surface area (Å²) in [5, 5.41) is 16.1. The average molecular weight is 406 g/mol. The molecule has 2 N–H and O–H groups in total. The van der Waals surface area contributed by atoms with Gasteiger partial charge < -0.3 is 15.3 Å². The zero-order valence-electron chi connectivity index (χ0n) is 16.6. The molecule has 30 heavy (non-hydrogen) atoms. The molecule has 0 aliphatic rings. The Balaban J connectivity index is 1.74. The van der Waals surface area contributed by atoms with Crippen molar-refractivity contribution in [3.8, 4) is 0 Å². The highest BCUT2D eigenvalue weighted by molar-refractivity contribution is 6.12. The Hall–Kier alpha value is -3.67. The predicted octanol–water partition coefficient (Wildman–Crippen LogP) is 4.85. The van der Waals surface area contributed by atoms with Crippen LogP contribution in [-0.2, 0) is 22.6 Å². The second-order valence-corrected chi connectivity index (χ2v) is 6.78. The fraction of sp³-hybridized carbons (Fsp3) is 0.167. The predicted molar refractivity (Wildman–Crippen MR) is 115 cm³/mol. The molecule has 0 radical (unpaired) electrons. The SMILES string of the molecule is CO/N=C(/c1ccccc1)c1cc(F)cc(CNc2ccc(CCC(=O)O)cc2)c1. The van der Waals surface area contributed by atoms with Crippen molar-refractivity contribution in [1.82, 2.24) is 0 Å². The molecular formula is C24H23FN2O3. The van der Waals surface area contributed by atoms with E-state index in [9.17, 15) is 9.18 Å². The first-order valence-electron chi connectivity index (χ1n) is 9.56. The topological polar surface area (TPSA) is 70.9 Å². The van der Waals surface area contributed by atoms with Crippen molar-refractivity contribution in [3.63, 3.8) is 0 Å². The second kappa shape index (κ2) is 10.2. The highest BCUT2D eigenvalue weighted by atomic mass is 19.1. The van der Waals surface area contributed by atoms with E-state index in [4.69, 9.17) is 9.94 Å². The summed E-state index contributed by atoms with van der Waals surface area (Å²) in [6, 6.07) is 21.8. The number of hydrogen-bond donors (Lipinski definition) is 2. The number of carbonyl (C=O) groups is 1. The normalized spacial score (nSPS) is 11.2. The number of oxime groups is 1. The number of aryl methyl sites for hydroxylation is 1. The molecule has 3 aromatic rings. The summed E-state index contributed by atoms with van der Waals surface area (Å²) in [5.74, 6) is -1.17. The Morgan fingerprint density at radius 1 is 1.00 bits per heavy atom. The number of nitrogens with zero attached hydrogens (tertiary/aromatic N) is 1. The number of rotatable bonds is 9. The zero-order chi connectivity index (χ0) is 21.3. The van der Waals surface area contributed by atoms with Gasteiger partial charge in [-0.2, -0.15) is 0 Å². The summed E-state index contributed by atoms with van der Waals surface area (Å²) in [6.07, 6.45) is 0.593. The number of aliphatic carboxylic acids is 1. The fourth-order valence-corrected chi connectivity index (χ4v) is 3.09. The van der Waals surface area contributed by atoms with E-state index in [0.717, 1.165) is 22.4 Å². The van der Waals surface area contributed by atoms with Crippen LogP contribution in [0, 0.1) is 5.82 Å². The minimum absolute atomic E-state index is 0.103. The van der Waals surface area contributed by atoms with Crippen LogP contribution in [0.5, 0.6) is 0 Å². The lowest BCUT2D eigenvalue weighted by Gasteiger charge is -2.11. The Labute approximate surface area is 174 Å². The monoisotopic (exact) mass is 406 g/mol. The van der Waals surface area contributed by atoms with Crippen molar-refractivity contribution in [2.45, 2.75) is 19.4 Å². The molecule has 6 heteroatoms. The molecule has 0 fully saturated rings. The molecule has 0 spiro atoms. The minimum Gasteiger partial charge on any atom is -0.481 e. The maximum Gasteiger partial charge on any atom is 0.303 e. The first-order chi connectivity index (χ1) is 14.5. The summed E-state index contributed by atoms with van der Waals surface area (Å²) in [5.41, 5.74) is 4.61. The van der Waals surface area contributed by atoms with Crippen LogP contribution in [0.25, 0.3) is 0 Å². The molecule has 0 atom stereocenters. The fourth-order valence-electron chi connectivity index (χ4n) is 3.09. The molecule has 0 saturated carbocycles. The van der Waals surface area contributed by atoms with Crippen LogP contribution < -0.4 is 5.32 Å². The zero-order valence-corrected chi connectivity index (χ0v) is 16.6. The van der Waals surface area contributed by atoms with Gasteiger partial charge in [0.25, 0.3) is 0 Å². The molecular weight excluding hydrogens is 383 g/mol.